The topological polar surface area (TPSA) is 57.5 Å². The zero-order valence-electron chi connectivity index (χ0n) is 9.58. The van der Waals surface area contributed by atoms with Crippen LogP contribution in [0.1, 0.15) is 21.5 Å². The highest BCUT2D eigenvalue weighted by atomic mass is 16.3. The van der Waals surface area contributed by atoms with Gasteiger partial charge in [-0.05, 0) is 41.5 Å². The Morgan fingerprint density at radius 2 is 1.33 bits per heavy atom. The van der Waals surface area contributed by atoms with Crippen LogP contribution in [-0.2, 0) is 0 Å². The molecule has 2 N–H and O–H groups in total. The molecule has 0 atom stereocenters. The molecule has 0 radical (unpaired) electrons. The fourth-order valence-corrected chi connectivity index (χ4v) is 1.60. The molecule has 0 bridgehead atoms. The minimum absolute atomic E-state index is 0.0601. The number of phenolic OH excluding ortho intramolecular Hbond substituents is 2. The minimum Gasteiger partial charge on any atom is -0.508 e. The van der Waals surface area contributed by atoms with Crippen LogP contribution >= 0.6 is 0 Å². The second-order valence-corrected chi connectivity index (χ2v) is 3.90. The highest BCUT2D eigenvalue weighted by Gasteiger charge is 1.97. The van der Waals surface area contributed by atoms with Crippen LogP contribution in [0, 0.1) is 0 Å². The molecule has 0 aliphatic rings. The first-order valence-electron chi connectivity index (χ1n) is 5.44. The predicted molar refractivity (Wildman–Crippen MR) is 70.5 cm³/mol. The number of phenols is 2. The monoisotopic (exact) mass is 240 g/mol. The van der Waals surface area contributed by atoms with Crippen molar-refractivity contribution in [3.05, 3.63) is 59.2 Å². The number of hydrogen-bond donors (Lipinski definition) is 2. The van der Waals surface area contributed by atoms with Crippen molar-refractivity contribution in [1.82, 2.24) is 0 Å². The van der Waals surface area contributed by atoms with Gasteiger partial charge in [0.05, 0.1) is 0 Å². The first kappa shape index (κ1) is 11.9. The molecule has 18 heavy (non-hydrogen) atoms. The fraction of sp³-hybridized carbons (Fsp3) is 0. The van der Waals surface area contributed by atoms with E-state index in [0.29, 0.717) is 11.8 Å². The molecule has 0 saturated carbocycles. The molecule has 0 fully saturated rings. The lowest BCUT2D eigenvalue weighted by atomic mass is 10.1. The van der Waals surface area contributed by atoms with Crippen LogP contribution < -0.4 is 0 Å². The zero-order valence-corrected chi connectivity index (χ0v) is 9.58. The lowest BCUT2D eigenvalue weighted by molar-refractivity contribution is 0.112. The number of aromatic hydroxyl groups is 2. The number of hydrogen-bond acceptors (Lipinski definition) is 3. The summed E-state index contributed by atoms with van der Waals surface area (Å²) in [6, 6.07) is 11.4. The van der Waals surface area contributed by atoms with Crippen LogP contribution in [0.4, 0.5) is 0 Å². The Balaban J connectivity index is 2.25. The van der Waals surface area contributed by atoms with Gasteiger partial charge in [-0.15, -0.1) is 0 Å². The van der Waals surface area contributed by atoms with Crippen molar-refractivity contribution in [2.24, 2.45) is 0 Å². The van der Waals surface area contributed by atoms with Gasteiger partial charge >= 0.3 is 0 Å². The average Bonchev–Trinajstić information content (AvgIpc) is 2.37. The molecule has 2 rings (SSSR count). The zero-order chi connectivity index (χ0) is 13.0. The van der Waals surface area contributed by atoms with Gasteiger partial charge in [0.25, 0.3) is 0 Å². The summed E-state index contributed by atoms with van der Waals surface area (Å²) in [5, 5.41) is 18.6. The van der Waals surface area contributed by atoms with E-state index in [0.717, 1.165) is 11.1 Å². The van der Waals surface area contributed by atoms with Gasteiger partial charge in [0.15, 0.2) is 0 Å². The molecule has 3 nitrogen and oxygen atoms in total. The summed E-state index contributed by atoms with van der Waals surface area (Å²) in [6.45, 7) is 0. The summed E-state index contributed by atoms with van der Waals surface area (Å²) in [5.74, 6) is 0.276. The van der Waals surface area contributed by atoms with Gasteiger partial charge in [-0.2, -0.15) is 0 Å². The molecule has 0 unspecified atom stereocenters. The van der Waals surface area contributed by atoms with E-state index in [4.69, 9.17) is 5.11 Å². The maximum Gasteiger partial charge on any atom is 0.150 e. The minimum atomic E-state index is 0.0601. The molecule has 0 saturated heterocycles. The largest absolute Gasteiger partial charge is 0.508 e. The van der Waals surface area contributed by atoms with Gasteiger partial charge < -0.3 is 10.2 Å². The van der Waals surface area contributed by atoms with Crippen LogP contribution in [0.5, 0.6) is 11.5 Å². The maximum absolute atomic E-state index is 10.7. The van der Waals surface area contributed by atoms with Gasteiger partial charge in [-0.1, -0.05) is 24.3 Å². The lowest BCUT2D eigenvalue weighted by Gasteiger charge is -1.99. The number of aldehydes is 1. The number of benzene rings is 2. The molecule has 0 amide bonds. The standard InChI is InChI=1S/C15H12O3/c16-10-13-7-12(8-15(18)9-13)2-1-11-3-5-14(17)6-4-11/h1-10,17-18H/b2-1+. The van der Waals surface area contributed by atoms with E-state index in [9.17, 15) is 9.90 Å². The van der Waals surface area contributed by atoms with E-state index < -0.39 is 0 Å². The number of carbonyl (C=O) groups excluding carboxylic acids is 1. The summed E-state index contributed by atoms with van der Waals surface area (Å²) < 4.78 is 0. The predicted octanol–water partition coefficient (Wildman–Crippen LogP) is 3.08. The van der Waals surface area contributed by atoms with Crippen molar-refractivity contribution in [2.45, 2.75) is 0 Å². The summed E-state index contributed by atoms with van der Waals surface area (Å²) in [6.07, 6.45) is 4.32. The number of rotatable bonds is 3. The molecular weight excluding hydrogens is 228 g/mol. The summed E-state index contributed by atoms with van der Waals surface area (Å²) in [7, 11) is 0. The third-order valence-electron chi connectivity index (χ3n) is 2.46. The van der Waals surface area contributed by atoms with Crippen LogP contribution in [0.3, 0.4) is 0 Å². The Labute approximate surface area is 105 Å². The molecule has 3 heteroatoms. The van der Waals surface area contributed by atoms with E-state index in [2.05, 4.69) is 0 Å². The van der Waals surface area contributed by atoms with E-state index in [1.54, 1.807) is 42.5 Å². The molecule has 90 valence electrons. The second kappa shape index (κ2) is 5.19. The average molecular weight is 240 g/mol. The molecule has 0 spiro atoms. The van der Waals surface area contributed by atoms with E-state index in [1.165, 1.54) is 6.07 Å². The Morgan fingerprint density at radius 1 is 0.722 bits per heavy atom. The van der Waals surface area contributed by atoms with Gasteiger partial charge in [0, 0.05) is 5.56 Å². The molecule has 0 aromatic heterocycles. The number of carbonyl (C=O) groups is 1. The van der Waals surface area contributed by atoms with Crippen LogP contribution in [0.15, 0.2) is 42.5 Å². The Morgan fingerprint density at radius 3 is 2.00 bits per heavy atom. The smallest absolute Gasteiger partial charge is 0.150 e. The van der Waals surface area contributed by atoms with Crippen LogP contribution in [0.25, 0.3) is 12.2 Å². The Bertz CT molecular complexity index is 583. The molecule has 0 aliphatic heterocycles. The molecule has 0 aliphatic carbocycles. The van der Waals surface area contributed by atoms with Crippen molar-refractivity contribution < 1.29 is 15.0 Å². The third-order valence-corrected chi connectivity index (χ3v) is 2.46. The quantitative estimate of drug-likeness (QED) is 0.640. The lowest BCUT2D eigenvalue weighted by Crippen LogP contribution is -1.81. The summed E-state index contributed by atoms with van der Waals surface area (Å²) >= 11 is 0. The van der Waals surface area contributed by atoms with Crippen molar-refractivity contribution in [1.29, 1.82) is 0 Å². The SMILES string of the molecule is O=Cc1cc(O)cc(/C=C/c2ccc(O)cc2)c1. The van der Waals surface area contributed by atoms with Crippen molar-refractivity contribution >= 4 is 18.4 Å². The first-order chi connectivity index (χ1) is 8.67. The first-order valence-corrected chi connectivity index (χ1v) is 5.44. The van der Waals surface area contributed by atoms with E-state index in [1.807, 2.05) is 6.08 Å². The van der Waals surface area contributed by atoms with Crippen LogP contribution in [0.2, 0.25) is 0 Å². The third kappa shape index (κ3) is 2.98. The van der Waals surface area contributed by atoms with E-state index >= 15 is 0 Å². The van der Waals surface area contributed by atoms with Crippen molar-refractivity contribution in [2.75, 3.05) is 0 Å². The molecule has 2 aromatic rings. The van der Waals surface area contributed by atoms with E-state index in [-0.39, 0.29) is 11.5 Å². The summed E-state index contributed by atoms with van der Waals surface area (Å²) in [5.41, 5.74) is 2.09. The Kier molecular flexibility index (Phi) is 3.44. The second-order valence-electron chi connectivity index (χ2n) is 3.90. The van der Waals surface area contributed by atoms with Gasteiger partial charge in [0.1, 0.15) is 17.8 Å². The van der Waals surface area contributed by atoms with Gasteiger partial charge in [-0.3, -0.25) is 4.79 Å². The molecule has 2 aromatic carbocycles. The normalized spacial score (nSPS) is 10.7. The van der Waals surface area contributed by atoms with Crippen molar-refractivity contribution in [3.63, 3.8) is 0 Å². The van der Waals surface area contributed by atoms with Gasteiger partial charge in [0.2, 0.25) is 0 Å². The maximum atomic E-state index is 10.7. The Hall–Kier alpha value is -2.55. The highest BCUT2D eigenvalue weighted by Crippen LogP contribution is 2.17. The highest BCUT2D eigenvalue weighted by molar-refractivity contribution is 5.79. The molecule has 0 heterocycles. The molecular formula is C15H12O3. The summed E-state index contributed by atoms with van der Waals surface area (Å²) in [4.78, 5) is 10.7. The van der Waals surface area contributed by atoms with Crippen LogP contribution in [-0.4, -0.2) is 16.5 Å². The van der Waals surface area contributed by atoms with Crippen molar-refractivity contribution in [3.8, 4) is 11.5 Å². The van der Waals surface area contributed by atoms with Gasteiger partial charge in [-0.25, -0.2) is 0 Å². The fourth-order valence-electron chi connectivity index (χ4n) is 1.60.